The van der Waals surface area contributed by atoms with Gasteiger partial charge in [0.15, 0.2) is 0 Å². The SMILES string of the molecule is CC(C)N1CCOC(CN2CCC(C)(O)C2)C1. The normalized spacial score (nSPS) is 36.9. The highest BCUT2D eigenvalue weighted by atomic mass is 16.5. The monoisotopic (exact) mass is 242 g/mol. The number of rotatable bonds is 3. The summed E-state index contributed by atoms with van der Waals surface area (Å²) in [4.78, 5) is 4.80. The van der Waals surface area contributed by atoms with E-state index in [9.17, 15) is 5.11 Å². The number of ether oxygens (including phenoxy) is 1. The molecule has 1 N–H and O–H groups in total. The van der Waals surface area contributed by atoms with E-state index in [0.29, 0.717) is 12.1 Å². The second-order valence-electron chi connectivity index (χ2n) is 6.06. The molecule has 4 nitrogen and oxygen atoms in total. The van der Waals surface area contributed by atoms with Gasteiger partial charge in [-0.05, 0) is 27.2 Å². The Morgan fingerprint density at radius 1 is 1.41 bits per heavy atom. The Hall–Kier alpha value is -0.160. The number of likely N-dealkylation sites (tertiary alicyclic amines) is 1. The molecule has 0 aromatic carbocycles. The van der Waals surface area contributed by atoms with Gasteiger partial charge < -0.3 is 9.84 Å². The molecule has 2 heterocycles. The maximum atomic E-state index is 9.94. The molecular formula is C13H26N2O2. The van der Waals surface area contributed by atoms with Gasteiger partial charge in [0, 0.05) is 38.8 Å². The van der Waals surface area contributed by atoms with Crippen LogP contribution in [0, 0.1) is 0 Å². The van der Waals surface area contributed by atoms with E-state index in [-0.39, 0.29) is 0 Å². The lowest BCUT2D eigenvalue weighted by Crippen LogP contribution is -2.49. The highest BCUT2D eigenvalue weighted by Crippen LogP contribution is 2.21. The van der Waals surface area contributed by atoms with E-state index in [0.717, 1.165) is 45.8 Å². The van der Waals surface area contributed by atoms with Gasteiger partial charge >= 0.3 is 0 Å². The Morgan fingerprint density at radius 2 is 2.18 bits per heavy atom. The zero-order valence-corrected chi connectivity index (χ0v) is 11.4. The molecule has 2 fully saturated rings. The molecule has 0 aromatic rings. The molecule has 2 aliphatic rings. The zero-order valence-electron chi connectivity index (χ0n) is 11.4. The first-order chi connectivity index (χ1) is 7.96. The second-order valence-corrected chi connectivity index (χ2v) is 6.06. The third-order valence-corrected chi connectivity index (χ3v) is 3.89. The number of nitrogens with zero attached hydrogens (tertiary/aromatic N) is 2. The van der Waals surface area contributed by atoms with E-state index in [4.69, 9.17) is 4.74 Å². The predicted molar refractivity (Wildman–Crippen MR) is 68.1 cm³/mol. The van der Waals surface area contributed by atoms with Gasteiger partial charge in [0.05, 0.1) is 18.3 Å². The van der Waals surface area contributed by atoms with Crippen LogP contribution in [-0.2, 0) is 4.74 Å². The lowest BCUT2D eigenvalue weighted by molar-refractivity contribution is -0.0521. The summed E-state index contributed by atoms with van der Waals surface area (Å²) in [5.74, 6) is 0. The van der Waals surface area contributed by atoms with Crippen LogP contribution in [0.5, 0.6) is 0 Å². The Kier molecular flexibility index (Phi) is 4.08. The van der Waals surface area contributed by atoms with Crippen molar-refractivity contribution in [1.82, 2.24) is 9.80 Å². The fraction of sp³-hybridized carbons (Fsp3) is 1.00. The average molecular weight is 242 g/mol. The molecular weight excluding hydrogens is 216 g/mol. The topological polar surface area (TPSA) is 35.9 Å². The van der Waals surface area contributed by atoms with Crippen LogP contribution in [0.2, 0.25) is 0 Å². The number of β-amino-alcohol motifs (C(OH)–C–C–N with tert-alkyl or cyclic N) is 1. The minimum atomic E-state index is -0.494. The molecule has 4 heteroatoms. The average Bonchev–Trinajstić information content (AvgIpc) is 2.58. The lowest BCUT2D eigenvalue weighted by Gasteiger charge is -2.37. The Morgan fingerprint density at radius 3 is 2.76 bits per heavy atom. The van der Waals surface area contributed by atoms with Crippen LogP contribution >= 0.6 is 0 Å². The number of hydrogen-bond donors (Lipinski definition) is 1. The zero-order chi connectivity index (χ0) is 12.5. The third kappa shape index (κ3) is 3.65. The summed E-state index contributed by atoms with van der Waals surface area (Å²) in [5.41, 5.74) is -0.494. The smallest absolute Gasteiger partial charge is 0.0829 e. The molecule has 2 atom stereocenters. The number of morpholine rings is 1. The second kappa shape index (κ2) is 5.22. The molecule has 0 radical (unpaired) electrons. The van der Waals surface area contributed by atoms with Crippen LogP contribution in [0.3, 0.4) is 0 Å². The van der Waals surface area contributed by atoms with Gasteiger partial charge in [-0.15, -0.1) is 0 Å². The van der Waals surface area contributed by atoms with Crippen molar-refractivity contribution in [1.29, 1.82) is 0 Å². The fourth-order valence-corrected chi connectivity index (χ4v) is 2.80. The minimum Gasteiger partial charge on any atom is -0.389 e. The molecule has 0 amide bonds. The van der Waals surface area contributed by atoms with Crippen LogP contribution in [0.15, 0.2) is 0 Å². The number of hydrogen-bond acceptors (Lipinski definition) is 4. The van der Waals surface area contributed by atoms with Gasteiger partial charge in [0.1, 0.15) is 0 Å². The van der Waals surface area contributed by atoms with Crippen LogP contribution in [0.4, 0.5) is 0 Å². The summed E-state index contributed by atoms with van der Waals surface area (Å²) in [5, 5.41) is 9.94. The predicted octanol–water partition coefficient (Wildman–Crippen LogP) is 0.552. The van der Waals surface area contributed by atoms with Crippen molar-refractivity contribution in [2.45, 2.75) is 44.9 Å². The first-order valence-corrected chi connectivity index (χ1v) is 6.77. The van der Waals surface area contributed by atoms with Crippen LogP contribution < -0.4 is 0 Å². The van der Waals surface area contributed by atoms with Gasteiger partial charge in [-0.2, -0.15) is 0 Å². The maximum absolute atomic E-state index is 9.94. The molecule has 2 saturated heterocycles. The van der Waals surface area contributed by atoms with Crippen LogP contribution in [-0.4, -0.2) is 72.0 Å². The molecule has 2 rings (SSSR count). The summed E-state index contributed by atoms with van der Waals surface area (Å²) >= 11 is 0. The molecule has 2 aliphatic heterocycles. The summed E-state index contributed by atoms with van der Waals surface area (Å²) in [7, 11) is 0. The van der Waals surface area contributed by atoms with E-state index in [1.807, 2.05) is 6.92 Å². The highest BCUT2D eigenvalue weighted by molar-refractivity contribution is 4.88. The van der Waals surface area contributed by atoms with Gasteiger partial charge in [-0.1, -0.05) is 0 Å². The molecule has 2 unspecified atom stereocenters. The van der Waals surface area contributed by atoms with Gasteiger partial charge in [0.2, 0.25) is 0 Å². The van der Waals surface area contributed by atoms with Gasteiger partial charge in [-0.25, -0.2) is 0 Å². The Bertz CT molecular complexity index is 256. The van der Waals surface area contributed by atoms with Crippen LogP contribution in [0.1, 0.15) is 27.2 Å². The quantitative estimate of drug-likeness (QED) is 0.784. The van der Waals surface area contributed by atoms with Crippen molar-refractivity contribution in [3.63, 3.8) is 0 Å². The van der Waals surface area contributed by atoms with E-state index in [2.05, 4.69) is 23.6 Å². The largest absolute Gasteiger partial charge is 0.389 e. The Balaban J connectivity index is 1.79. The molecule has 0 aliphatic carbocycles. The van der Waals surface area contributed by atoms with Crippen molar-refractivity contribution in [2.75, 3.05) is 39.3 Å². The fourth-order valence-electron chi connectivity index (χ4n) is 2.80. The molecule has 0 spiro atoms. The standard InChI is InChI=1S/C13H26N2O2/c1-11(2)15-6-7-17-12(9-15)8-14-5-4-13(3,16)10-14/h11-12,16H,4-10H2,1-3H3. The van der Waals surface area contributed by atoms with E-state index in [1.54, 1.807) is 0 Å². The highest BCUT2D eigenvalue weighted by Gasteiger charge is 2.33. The molecule has 0 saturated carbocycles. The van der Waals surface area contributed by atoms with Crippen molar-refractivity contribution in [2.24, 2.45) is 0 Å². The summed E-state index contributed by atoms with van der Waals surface area (Å²) < 4.78 is 5.82. The Labute approximate surface area is 105 Å². The molecule has 0 bridgehead atoms. The van der Waals surface area contributed by atoms with E-state index < -0.39 is 5.60 Å². The van der Waals surface area contributed by atoms with Crippen molar-refractivity contribution >= 4 is 0 Å². The maximum Gasteiger partial charge on any atom is 0.0829 e. The van der Waals surface area contributed by atoms with Crippen molar-refractivity contribution in [3.8, 4) is 0 Å². The third-order valence-electron chi connectivity index (χ3n) is 3.89. The van der Waals surface area contributed by atoms with E-state index in [1.165, 1.54) is 0 Å². The summed E-state index contributed by atoms with van der Waals surface area (Å²) in [6.07, 6.45) is 1.19. The number of aliphatic hydroxyl groups is 1. The molecule has 17 heavy (non-hydrogen) atoms. The summed E-state index contributed by atoms with van der Waals surface area (Å²) in [6.45, 7) is 12.1. The van der Waals surface area contributed by atoms with Gasteiger partial charge in [-0.3, -0.25) is 9.80 Å². The van der Waals surface area contributed by atoms with Crippen molar-refractivity contribution < 1.29 is 9.84 Å². The summed E-state index contributed by atoms with van der Waals surface area (Å²) in [6, 6.07) is 0.600. The van der Waals surface area contributed by atoms with Crippen LogP contribution in [0.25, 0.3) is 0 Å². The molecule has 100 valence electrons. The lowest BCUT2D eigenvalue weighted by atomic mass is 10.1. The van der Waals surface area contributed by atoms with Gasteiger partial charge in [0.25, 0.3) is 0 Å². The first-order valence-electron chi connectivity index (χ1n) is 6.77. The molecule has 0 aromatic heterocycles. The van der Waals surface area contributed by atoms with Crippen molar-refractivity contribution in [3.05, 3.63) is 0 Å². The van der Waals surface area contributed by atoms with E-state index >= 15 is 0 Å². The first kappa shape index (κ1) is 13.3. The minimum absolute atomic E-state index is 0.306.